The van der Waals surface area contributed by atoms with Crippen molar-refractivity contribution in [3.63, 3.8) is 0 Å². The Kier molecular flexibility index (Phi) is 4.82. The second-order valence-corrected chi connectivity index (χ2v) is 7.40. The number of fused-ring (bicyclic) bond motifs is 1. The fraction of sp³-hybridized carbons (Fsp3) is 0.235. The van der Waals surface area contributed by atoms with Crippen LogP contribution in [-0.4, -0.2) is 24.5 Å². The van der Waals surface area contributed by atoms with Gasteiger partial charge in [0.15, 0.2) is 0 Å². The molecule has 0 unspecified atom stereocenters. The maximum absolute atomic E-state index is 12.1. The maximum atomic E-state index is 12.1. The van der Waals surface area contributed by atoms with Crippen LogP contribution in [0.3, 0.4) is 0 Å². The number of rotatable bonds is 7. The number of sulfonamides is 1. The van der Waals surface area contributed by atoms with Crippen molar-refractivity contribution in [3.8, 4) is 0 Å². The van der Waals surface area contributed by atoms with E-state index in [0.717, 1.165) is 16.6 Å². The third-order valence-corrected chi connectivity index (χ3v) is 5.12. The lowest BCUT2D eigenvalue weighted by atomic mass is 10.2. The molecular weight excluding hydrogens is 326 g/mol. The second-order valence-electron chi connectivity index (χ2n) is 5.59. The van der Waals surface area contributed by atoms with Gasteiger partial charge in [0.25, 0.3) is 0 Å². The number of aromatic amines is 1. The molecule has 7 heteroatoms. The first-order valence-corrected chi connectivity index (χ1v) is 9.39. The van der Waals surface area contributed by atoms with E-state index in [0.29, 0.717) is 19.5 Å². The van der Waals surface area contributed by atoms with Gasteiger partial charge in [0, 0.05) is 13.1 Å². The average molecular weight is 345 g/mol. The Hall–Kier alpha value is -2.38. The SMILES string of the molecule is O=c1[nH]c2ccccc2n1CCCNS(=O)(=O)Cc1ccccc1. The average Bonchev–Trinajstić information content (AvgIpc) is 2.87. The predicted octanol–water partition coefficient (Wildman–Crippen LogP) is 1.84. The molecule has 2 aromatic carbocycles. The maximum Gasteiger partial charge on any atom is 0.326 e. The summed E-state index contributed by atoms with van der Waals surface area (Å²) in [4.78, 5) is 14.7. The number of nitrogens with one attached hydrogen (secondary N) is 2. The molecule has 0 aliphatic heterocycles. The zero-order chi connectivity index (χ0) is 17.0. The van der Waals surface area contributed by atoms with Gasteiger partial charge in [0.1, 0.15) is 0 Å². The molecule has 0 aliphatic rings. The molecule has 0 saturated carbocycles. The van der Waals surface area contributed by atoms with Crippen molar-refractivity contribution in [2.75, 3.05) is 6.54 Å². The third-order valence-electron chi connectivity index (χ3n) is 3.76. The molecule has 0 saturated heterocycles. The Morgan fingerprint density at radius 2 is 1.71 bits per heavy atom. The molecule has 3 rings (SSSR count). The molecule has 2 N–H and O–H groups in total. The van der Waals surface area contributed by atoms with E-state index >= 15 is 0 Å². The van der Waals surface area contributed by atoms with Gasteiger partial charge in [-0.2, -0.15) is 0 Å². The largest absolute Gasteiger partial charge is 0.326 e. The molecule has 0 aliphatic carbocycles. The topological polar surface area (TPSA) is 84.0 Å². The fourth-order valence-corrected chi connectivity index (χ4v) is 3.83. The van der Waals surface area contributed by atoms with Crippen molar-refractivity contribution in [1.82, 2.24) is 14.3 Å². The number of H-pyrrole nitrogens is 1. The molecule has 0 amide bonds. The van der Waals surface area contributed by atoms with Gasteiger partial charge >= 0.3 is 5.69 Å². The van der Waals surface area contributed by atoms with Gasteiger partial charge in [-0.15, -0.1) is 0 Å². The molecule has 1 heterocycles. The van der Waals surface area contributed by atoms with Crippen molar-refractivity contribution >= 4 is 21.1 Å². The minimum absolute atomic E-state index is 0.0408. The third kappa shape index (κ3) is 3.93. The molecule has 0 radical (unpaired) electrons. The van der Waals surface area contributed by atoms with E-state index in [4.69, 9.17) is 0 Å². The smallest absolute Gasteiger partial charge is 0.306 e. The molecule has 24 heavy (non-hydrogen) atoms. The van der Waals surface area contributed by atoms with Crippen molar-refractivity contribution in [3.05, 3.63) is 70.6 Å². The first-order chi connectivity index (χ1) is 11.6. The van der Waals surface area contributed by atoms with Crippen LogP contribution >= 0.6 is 0 Å². The monoisotopic (exact) mass is 345 g/mol. The zero-order valence-electron chi connectivity index (χ0n) is 13.1. The minimum Gasteiger partial charge on any atom is -0.306 e. The van der Waals surface area contributed by atoms with Crippen LogP contribution in [-0.2, 0) is 22.3 Å². The number of benzene rings is 2. The van der Waals surface area contributed by atoms with Gasteiger partial charge in [0.2, 0.25) is 10.0 Å². The molecular formula is C17H19N3O3S. The summed E-state index contributed by atoms with van der Waals surface area (Å²) in [5.74, 6) is -0.0408. The molecule has 1 aromatic heterocycles. The van der Waals surface area contributed by atoms with Gasteiger partial charge in [-0.25, -0.2) is 17.9 Å². The number of nitrogens with zero attached hydrogens (tertiary/aromatic N) is 1. The Morgan fingerprint density at radius 1 is 1.00 bits per heavy atom. The summed E-state index contributed by atoms with van der Waals surface area (Å²) < 4.78 is 28.3. The summed E-state index contributed by atoms with van der Waals surface area (Å²) in [5.41, 5.74) is 2.18. The number of aryl methyl sites for hydroxylation is 1. The van der Waals surface area contributed by atoms with E-state index in [9.17, 15) is 13.2 Å². The Balaban J connectivity index is 1.57. The van der Waals surface area contributed by atoms with Gasteiger partial charge in [-0.3, -0.25) is 4.57 Å². The van der Waals surface area contributed by atoms with E-state index in [-0.39, 0.29) is 11.4 Å². The molecule has 0 spiro atoms. The quantitative estimate of drug-likeness (QED) is 0.641. The van der Waals surface area contributed by atoms with E-state index in [1.165, 1.54) is 0 Å². The van der Waals surface area contributed by atoms with Crippen molar-refractivity contribution < 1.29 is 8.42 Å². The molecule has 126 valence electrons. The van der Waals surface area contributed by atoms with Crippen molar-refractivity contribution in [2.24, 2.45) is 0 Å². The summed E-state index contributed by atoms with van der Waals surface area (Å²) in [7, 11) is -3.37. The van der Waals surface area contributed by atoms with E-state index in [2.05, 4.69) is 9.71 Å². The zero-order valence-corrected chi connectivity index (χ0v) is 13.9. The van der Waals surface area contributed by atoms with Crippen molar-refractivity contribution in [1.29, 1.82) is 0 Å². The van der Waals surface area contributed by atoms with E-state index in [1.54, 1.807) is 16.7 Å². The van der Waals surface area contributed by atoms with Crippen LogP contribution in [0.25, 0.3) is 11.0 Å². The molecule has 6 nitrogen and oxygen atoms in total. The van der Waals surface area contributed by atoms with Crippen molar-refractivity contribution in [2.45, 2.75) is 18.7 Å². The van der Waals surface area contributed by atoms with Crippen LogP contribution in [0.5, 0.6) is 0 Å². The Morgan fingerprint density at radius 3 is 2.50 bits per heavy atom. The van der Waals surface area contributed by atoms with Gasteiger partial charge in [-0.1, -0.05) is 42.5 Å². The Bertz CT molecular complexity index is 975. The molecule has 3 aromatic rings. The van der Waals surface area contributed by atoms with Gasteiger partial charge in [0.05, 0.1) is 16.8 Å². The number of hydrogen-bond donors (Lipinski definition) is 2. The molecule has 0 bridgehead atoms. The fourth-order valence-electron chi connectivity index (χ4n) is 2.64. The second kappa shape index (κ2) is 7.02. The summed E-state index contributed by atoms with van der Waals surface area (Å²) in [5, 5.41) is 0. The lowest BCUT2D eigenvalue weighted by Gasteiger charge is -2.07. The summed E-state index contributed by atoms with van der Waals surface area (Å²) >= 11 is 0. The highest BCUT2D eigenvalue weighted by Gasteiger charge is 2.11. The van der Waals surface area contributed by atoms with Crippen LogP contribution in [0.2, 0.25) is 0 Å². The summed E-state index contributed by atoms with van der Waals surface area (Å²) in [6.45, 7) is 0.748. The standard InChI is InChI=1S/C17H19N3O3S/c21-17-19-15-9-4-5-10-16(15)20(17)12-6-11-18-24(22,23)13-14-7-2-1-3-8-14/h1-5,7-10,18H,6,11-13H2,(H,19,21). The highest BCUT2D eigenvalue weighted by molar-refractivity contribution is 7.88. The summed E-state index contributed by atoms with van der Waals surface area (Å²) in [6, 6.07) is 16.5. The lowest BCUT2D eigenvalue weighted by molar-refractivity contribution is 0.569. The van der Waals surface area contributed by atoms with Crippen LogP contribution in [0, 0.1) is 0 Å². The van der Waals surface area contributed by atoms with Crippen LogP contribution in [0.1, 0.15) is 12.0 Å². The highest BCUT2D eigenvalue weighted by atomic mass is 32.2. The number of imidazole rings is 1. The first-order valence-electron chi connectivity index (χ1n) is 7.74. The Labute approximate surface area is 140 Å². The minimum atomic E-state index is -3.37. The van der Waals surface area contributed by atoms with Gasteiger partial charge in [-0.05, 0) is 24.1 Å². The number of aromatic nitrogens is 2. The molecule has 0 fully saturated rings. The normalized spacial score (nSPS) is 11.8. The number of para-hydroxylation sites is 2. The van der Waals surface area contributed by atoms with E-state index in [1.807, 2.05) is 42.5 Å². The predicted molar refractivity (Wildman–Crippen MR) is 94.2 cm³/mol. The lowest BCUT2D eigenvalue weighted by Crippen LogP contribution is -2.27. The summed E-state index contributed by atoms with van der Waals surface area (Å²) in [6.07, 6.45) is 0.537. The molecule has 0 atom stereocenters. The van der Waals surface area contributed by atoms with Crippen LogP contribution in [0.15, 0.2) is 59.4 Å². The highest BCUT2D eigenvalue weighted by Crippen LogP contribution is 2.09. The van der Waals surface area contributed by atoms with E-state index < -0.39 is 10.0 Å². The first kappa shape index (κ1) is 16.5. The van der Waals surface area contributed by atoms with Crippen LogP contribution < -0.4 is 10.4 Å². The number of hydrogen-bond acceptors (Lipinski definition) is 3. The van der Waals surface area contributed by atoms with Gasteiger partial charge < -0.3 is 4.98 Å². The van der Waals surface area contributed by atoms with Crippen LogP contribution in [0.4, 0.5) is 0 Å².